The van der Waals surface area contributed by atoms with Gasteiger partial charge < -0.3 is 0 Å². The minimum atomic E-state index is -1.50. The first kappa shape index (κ1) is 20.8. The van der Waals surface area contributed by atoms with Crippen LogP contribution in [0.15, 0.2) is 56.0 Å². The van der Waals surface area contributed by atoms with E-state index in [4.69, 9.17) is 11.6 Å². The summed E-state index contributed by atoms with van der Waals surface area (Å²) >= 11 is 5.79. The van der Waals surface area contributed by atoms with E-state index < -0.39 is 23.7 Å². The molecule has 1 unspecified atom stereocenters. The molecule has 2 aliphatic rings. The van der Waals surface area contributed by atoms with Crippen LogP contribution in [0.1, 0.15) is 24.2 Å². The number of benzene rings is 1. The van der Waals surface area contributed by atoms with Gasteiger partial charge in [-0.25, -0.2) is 13.2 Å². The van der Waals surface area contributed by atoms with E-state index in [0.29, 0.717) is 17.8 Å². The van der Waals surface area contributed by atoms with E-state index in [1.165, 1.54) is 12.2 Å². The van der Waals surface area contributed by atoms with Crippen molar-refractivity contribution >= 4 is 35.0 Å². The molecule has 2 N–H and O–H groups in total. The van der Waals surface area contributed by atoms with E-state index in [0.717, 1.165) is 18.2 Å². The van der Waals surface area contributed by atoms with Gasteiger partial charge in [0.25, 0.3) is 5.91 Å². The second-order valence-electron chi connectivity index (χ2n) is 6.72. The Balaban J connectivity index is 1.86. The molecule has 29 heavy (non-hydrogen) atoms. The molecular formula is C19H17ClF3N5O. The van der Waals surface area contributed by atoms with Gasteiger partial charge in [0.05, 0.1) is 10.7 Å². The molecule has 1 heterocycles. The van der Waals surface area contributed by atoms with E-state index in [9.17, 15) is 18.0 Å². The fraction of sp³-hybridized carbons (Fsp3) is 0.263. The van der Waals surface area contributed by atoms with E-state index in [1.807, 2.05) is 13.8 Å². The highest BCUT2D eigenvalue weighted by molar-refractivity contribution is 6.38. The van der Waals surface area contributed by atoms with Crippen molar-refractivity contribution in [3.8, 4) is 0 Å². The van der Waals surface area contributed by atoms with Gasteiger partial charge in [0.1, 0.15) is 0 Å². The Labute approximate surface area is 170 Å². The van der Waals surface area contributed by atoms with Gasteiger partial charge in [0.15, 0.2) is 23.6 Å². The molecule has 152 valence electrons. The Morgan fingerprint density at radius 2 is 2.10 bits per heavy atom. The Hall–Kier alpha value is -2.94. The number of amidine groups is 1. The monoisotopic (exact) mass is 423 g/mol. The summed E-state index contributed by atoms with van der Waals surface area (Å²) in [5, 5.41) is 6.47. The lowest BCUT2D eigenvalue weighted by atomic mass is 10.0. The molecule has 0 fully saturated rings. The van der Waals surface area contributed by atoms with Crippen molar-refractivity contribution in [1.82, 2.24) is 10.7 Å². The van der Waals surface area contributed by atoms with Crippen LogP contribution in [0.2, 0.25) is 0 Å². The Kier molecular flexibility index (Phi) is 6.17. The fourth-order valence-electron chi connectivity index (χ4n) is 2.44. The number of rotatable bonds is 3. The number of aliphatic imine (C=N–C) groups is 2. The van der Waals surface area contributed by atoms with Crippen molar-refractivity contribution in [3.63, 3.8) is 0 Å². The number of allylic oxidation sites excluding steroid dienone is 3. The molecule has 1 atom stereocenters. The minimum absolute atomic E-state index is 0.00381. The Morgan fingerprint density at radius 1 is 1.34 bits per heavy atom. The molecule has 0 spiro atoms. The molecule has 1 aromatic rings. The molecule has 0 radical (unpaired) electrons. The zero-order chi connectivity index (χ0) is 21.1. The van der Waals surface area contributed by atoms with Crippen LogP contribution in [0.3, 0.4) is 0 Å². The quantitative estimate of drug-likeness (QED) is 0.577. The predicted molar refractivity (Wildman–Crippen MR) is 106 cm³/mol. The first-order valence-corrected chi connectivity index (χ1v) is 9.09. The van der Waals surface area contributed by atoms with E-state index in [2.05, 4.69) is 25.8 Å². The molecule has 10 heteroatoms. The van der Waals surface area contributed by atoms with Crippen LogP contribution in [0, 0.1) is 17.6 Å². The number of halogens is 4. The number of alkyl halides is 1. The van der Waals surface area contributed by atoms with Gasteiger partial charge in [-0.1, -0.05) is 25.4 Å². The lowest BCUT2D eigenvalue weighted by Gasteiger charge is -2.11. The Morgan fingerprint density at radius 3 is 2.79 bits per heavy atom. The van der Waals surface area contributed by atoms with Gasteiger partial charge in [-0.3, -0.25) is 20.5 Å². The maximum Gasteiger partial charge on any atom is 0.258 e. The summed E-state index contributed by atoms with van der Waals surface area (Å²) in [5.74, 6) is -2.67. The van der Waals surface area contributed by atoms with Crippen molar-refractivity contribution in [2.75, 3.05) is 6.54 Å². The van der Waals surface area contributed by atoms with Gasteiger partial charge in [-0.2, -0.15) is 10.1 Å². The molecule has 1 aliphatic carbocycles. The van der Waals surface area contributed by atoms with Crippen LogP contribution >= 0.6 is 11.6 Å². The number of hydrazone groups is 1. The highest BCUT2D eigenvalue weighted by Gasteiger charge is 2.27. The second-order valence-corrected chi connectivity index (χ2v) is 7.16. The first-order valence-electron chi connectivity index (χ1n) is 8.71. The van der Waals surface area contributed by atoms with Crippen molar-refractivity contribution < 1.29 is 18.0 Å². The summed E-state index contributed by atoms with van der Waals surface area (Å²) in [5.41, 5.74) is 3.32. The van der Waals surface area contributed by atoms with Crippen molar-refractivity contribution in [3.05, 3.63) is 58.2 Å². The molecule has 1 amide bonds. The normalized spacial score (nSPS) is 20.1. The number of hydrogen-bond acceptors (Lipinski definition) is 3. The molecule has 3 rings (SSSR count). The van der Waals surface area contributed by atoms with Crippen LogP contribution < -0.4 is 10.7 Å². The average Bonchev–Trinajstić information content (AvgIpc) is 3.03. The highest BCUT2D eigenvalue weighted by atomic mass is 35.5. The molecule has 1 aromatic carbocycles. The molecule has 0 aromatic heterocycles. The number of guanidine groups is 1. The van der Waals surface area contributed by atoms with E-state index in [1.54, 1.807) is 0 Å². The van der Waals surface area contributed by atoms with Crippen LogP contribution in [0.25, 0.3) is 0 Å². The summed E-state index contributed by atoms with van der Waals surface area (Å²) in [6, 6.07) is 2.77. The average molecular weight is 424 g/mol. The lowest BCUT2D eigenvalue weighted by molar-refractivity contribution is 0.0976. The van der Waals surface area contributed by atoms with Gasteiger partial charge in [0.2, 0.25) is 5.96 Å². The summed E-state index contributed by atoms with van der Waals surface area (Å²) in [4.78, 5) is 20.9. The number of hydrogen-bond donors (Lipinski definition) is 2. The maximum atomic E-state index is 13.9. The highest BCUT2D eigenvalue weighted by Crippen LogP contribution is 2.24. The van der Waals surface area contributed by atoms with Crippen LogP contribution in [0.4, 0.5) is 13.2 Å². The van der Waals surface area contributed by atoms with Crippen molar-refractivity contribution in [2.45, 2.75) is 20.0 Å². The fourth-order valence-corrected chi connectivity index (χ4v) is 2.61. The summed E-state index contributed by atoms with van der Waals surface area (Å²) < 4.78 is 40.4. The maximum absolute atomic E-state index is 13.9. The van der Waals surface area contributed by atoms with Gasteiger partial charge in [-0.05, 0) is 36.3 Å². The number of carbonyl (C=O) groups is 1. The van der Waals surface area contributed by atoms with Crippen LogP contribution in [-0.2, 0) is 0 Å². The zero-order valence-electron chi connectivity index (χ0n) is 15.5. The molecule has 0 bridgehead atoms. The SMILES string of the molecule is CC(C)CN=C(N=C1NN=C2C=C(Cl)C(F)C=C21)NC(=O)c1ccc(F)c(F)c1. The molecule has 6 nitrogen and oxygen atoms in total. The van der Waals surface area contributed by atoms with E-state index in [-0.39, 0.29) is 28.3 Å². The second kappa shape index (κ2) is 8.60. The van der Waals surface area contributed by atoms with Gasteiger partial charge in [0, 0.05) is 17.7 Å². The standard InChI is InChI=1S/C19H17ClF3N5O/c1-9(2)8-24-19(26-18(29)10-3-4-13(21)15(23)5-10)25-17-11-6-14(22)12(20)7-16(11)27-28-17/h3-7,9,14H,8H2,1-2H3,(H2,24,25,26,28,29). The van der Waals surface area contributed by atoms with E-state index >= 15 is 0 Å². The number of nitrogens with one attached hydrogen (secondary N) is 2. The number of nitrogens with zero attached hydrogens (tertiary/aromatic N) is 3. The van der Waals surface area contributed by atoms with Crippen molar-refractivity contribution in [2.24, 2.45) is 21.0 Å². The summed E-state index contributed by atoms with van der Waals surface area (Å²) in [6.07, 6.45) is 1.13. The zero-order valence-corrected chi connectivity index (χ0v) is 16.3. The Bertz CT molecular complexity index is 998. The smallest absolute Gasteiger partial charge is 0.258 e. The third kappa shape index (κ3) is 4.92. The van der Waals surface area contributed by atoms with Crippen LogP contribution in [0.5, 0.6) is 0 Å². The largest absolute Gasteiger partial charge is 0.291 e. The first-order chi connectivity index (χ1) is 13.7. The summed E-state index contributed by atoms with van der Waals surface area (Å²) in [6.45, 7) is 4.18. The molecule has 0 saturated carbocycles. The molecule has 0 saturated heterocycles. The number of amides is 1. The minimum Gasteiger partial charge on any atom is -0.291 e. The summed E-state index contributed by atoms with van der Waals surface area (Å²) in [7, 11) is 0. The molecular weight excluding hydrogens is 407 g/mol. The third-order valence-electron chi connectivity index (χ3n) is 3.90. The third-order valence-corrected chi connectivity index (χ3v) is 4.21. The lowest BCUT2D eigenvalue weighted by Crippen LogP contribution is -2.32. The predicted octanol–water partition coefficient (Wildman–Crippen LogP) is 3.47. The topological polar surface area (TPSA) is 78.2 Å². The van der Waals surface area contributed by atoms with Crippen LogP contribution in [-0.4, -0.2) is 36.1 Å². The van der Waals surface area contributed by atoms with Crippen molar-refractivity contribution in [1.29, 1.82) is 0 Å². The van der Waals surface area contributed by atoms with Gasteiger partial charge >= 0.3 is 0 Å². The number of carbonyl (C=O) groups excluding carboxylic acids is 1. The molecule has 1 aliphatic heterocycles. The number of fused-ring (bicyclic) bond motifs is 1. The van der Waals surface area contributed by atoms with Gasteiger partial charge in [-0.15, -0.1) is 0 Å².